The fourth-order valence-electron chi connectivity index (χ4n) is 2.29. The Kier molecular flexibility index (Phi) is 6.90. The van der Waals surface area contributed by atoms with E-state index in [-0.39, 0.29) is 23.0 Å². The zero-order valence-corrected chi connectivity index (χ0v) is 16.6. The van der Waals surface area contributed by atoms with Crippen LogP contribution in [0.5, 0.6) is 5.75 Å². The molecule has 0 heterocycles. The van der Waals surface area contributed by atoms with Gasteiger partial charge in [-0.1, -0.05) is 12.1 Å². The fourth-order valence-corrected chi connectivity index (χ4v) is 2.51. The third-order valence-electron chi connectivity index (χ3n) is 3.66. The highest BCUT2D eigenvalue weighted by molar-refractivity contribution is 7.80. The molecule has 0 aromatic heterocycles. The first-order chi connectivity index (χ1) is 12.8. The molecule has 0 aliphatic rings. The third-order valence-corrected chi connectivity index (χ3v) is 3.86. The van der Waals surface area contributed by atoms with E-state index in [4.69, 9.17) is 17.0 Å². The highest BCUT2D eigenvalue weighted by atomic mass is 32.1. The SMILES string of the molecule is CC(=O)N(C)c1cccc(NC(=S)NC(=O)c2cccc(OC(C)C)c2)c1. The molecule has 0 atom stereocenters. The van der Waals surface area contributed by atoms with Crippen LogP contribution in [0.3, 0.4) is 0 Å². The van der Waals surface area contributed by atoms with Crippen molar-refractivity contribution >= 4 is 40.5 Å². The molecule has 2 aromatic carbocycles. The summed E-state index contributed by atoms with van der Waals surface area (Å²) < 4.78 is 5.60. The summed E-state index contributed by atoms with van der Waals surface area (Å²) in [7, 11) is 1.69. The maximum absolute atomic E-state index is 12.4. The molecular formula is C20H23N3O3S. The van der Waals surface area contributed by atoms with Gasteiger partial charge in [-0.3, -0.25) is 14.9 Å². The van der Waals surface area contributed by atoms with Gasteiger partial charge in [-0.25, -0.2) is 0 Å². The zero-order chi connectivity index (χ0) is 20.0. The monoisotopic (exact) mass is 385 g/mol. The van der Waals surface area contributed by atoms with Crippen LogP contribution in [0.4, 0.5) is 11.4 Å². The first-order valence-corrected chi connectivity index (χ1v) is 8.90. The molecule has 0 fully saturated rings. The van der Waals surface area contributed by atoms with Crippen molar-refractivity contribution in [1.29, 1.82) is 0 Å². The summed E-state index contributed by atoms with van der Waals surface area (Å²) in [5.74, 6) is 0.210. The minimum Gasteiger partial charge on any atom is -0.491 e. The summed E-state index contributed by atoms with van der Waals surface area (Å²) in [6, 6.07) is 14.1. The van der Waals surface area contributed by atoms with Crippen molar-refractivity contribution in [3.05, 3.63) is 54.1 Å². The van der Waals surface area contributed by atoms with Crippen molar-refractivity contribution in [2.75, 3.05) is 17.3 Å². The van der Waals surface area contributed by atoms with Crippen LogP contribution >= 0.6 is 12.2 Å². The number of ether oxygens (including phenoxy) is 1. The van der Waals surface area contributed by atoms with Crippen LogP contribution in [-0.2, 0) is 4.79 Å². The summed E-state index contributed by atoms with van der Waals surface area (Å²) in [6.45, 7) is 5.33. The summed E-state index contributed by atoms with van der Waals surface area (Å²) in [5, 5.41) is 5.76. The number of hydrogen-bond donors (Lipinski definition) is 2. The lowest BCUT2D eigenvalue weighted by Gasteiger charge is -2.17. The molecule has 2 amide bonds. The molecule has 0 radical (unpaired) electrons. The summed E-state index contributed by atoms with van der Waals surface area (Å²) in [6.07, 6.45) is 0.0199. The van der Waals surface area contributed by atoms with Gasteiger partial charge in [0.05, 0.1) is 6.10 Å². The molecule has 0 saturated carbocycles. The lowest BCUT2D eigenvalue weighted by molar-refractivity contribution is -0.116. The number of hydrogen-bond acceptors (Lipinski definition) is 4. The number of rotatable bonds is 5. The van der Waals surface area contributed by atoms with Crippen LogP contribution in [0.1, 0.15) is 31.1 Å². The molecule has 2 rings (SSSR count). The van der Waals surface area contributed by atoms with Gasteiger partial charge < -0.3 is 15.0 Å². The van der Waals surface area contributed by atoms with Gasteiger partial charge in [0.1, 0.15) is 5.75 Å². The second-order valence-corrected chi connectivity index (χ2v) is 6.64. The van der Waals surface area contributed by atoms with E-state index in [1.165, 1.54) is 11.8 Å². The molecule has 0 bridgehead atoms. The van der Waals surface area contributed by atoms with Crippen LogP contribution < -0.4 is 20.3 Å². The lowest BCUT2D eigenvalue weighted by Crippen LogP contribution is -2.34. The minimum absolute atomic E-state index is 0.0199. The Morgan fingerprint density at radius 1 is 1.11 bits per heavy atom. The Balaban J connectivity index is 2.02. The molecule has 7 heteroatoms. The Morgan fingerprint density at radius 2 is 1.81 bits per heavy atom. The smallest absolute Gasteiger partial charge is 0.257 e. The quantitative estimate of drug-likeness (QED) is 0.770. The van der Waals surface area contributed by atoms with Crippen LogP contribution in [0.25, 0.3) is 0 Å². The van der Waals surface area contributed by atoms with E-state index in [1.54, 1.807) is 49.5 Å². The molecular weight excluding hydrogens is 362 g/mol. The number of amides is 2. The first kappa shape index (κ1) is 20.4. The van der Waals surface area contributed by atoms with Crippen LogP contribution in [0.15, 0.2) is 48.5 Å². The molecule has 2 N–H and O–H groups in total. The Labute approximate surface area is 164 Å². The molecule has 142 valence electrons. The fraction of sp³-hybridized carbons (Fsp3) is 0.250. The van der Waals surface area contributed by atoms with Crippen molar-refractivity contribution in [3.63, 3.8) is 0 Å². The van der Waals surface area contributed by atoms with Crippen molar-refractivity contribution in [3.8, 4) is 5.75 Å². The van der Waals surface area contributed by atoms with E-state index in [2.05, 4.69) is 10.6 Å². The summed E-state index contributed by atoms with van der Waals surface area (Å²) in [5.41, 5.74) is 1.84. The van der Waals surface area contributed by atoms with Gasteiger partial charge in [0, 0.05) is 30.9 Å². The number of nitrogens with zero attached hydrogens (tertiary/aromatic N) is 1. The number of benzene rings is 2. The predicted octanol–water partition coefficient (Wildman–Crippen LogP) is 3.58. The molecule has 2 aromatic rings. The molecule has 0 aliphatic heterocycles. The third kappa shape index (κ3) is 6.07. The van der Waals surface area contributed by atoms with E-state index in [0.717, 1.165) is 5.69 Å². The second-order valence-electron chi connectivity index (χ2n) is 6.23. The highest BCUT2D eigenvalue weighted by Crippen LogP contribution is 2.19. The van der Waals surface area contributed by atoms with Gasteiger partial charge in [0.25, 0.3) is 5.91 Å². The van der Waals surface area contributed by atoms with Gasteiger partial charge >= 0.3 is 0 Å². The standard InChI is InChI=1S/C20H23N3O3S/c1-13(2)26-18-10-5-7-15(11-18)19(25)22-20(27)21-16-8-6-9-17(12-16)23(4)14(3)24/h5-13H,1-4H3,(H2,21,22,25,27). The maximum atomic E-state index is 12.4. The van der Waals surface area contributed by atoms with Gasteiger partial charge in [0.15, 0.2) is 5.11 Å². The molecule has 6 nitrogen and oxygen atoms in total. The number of thiocarbonyl (C=S) groups is 1. The van der Waals surface area contributed by atoms with Gasteiger partial charge in [-0.05, 0) is 62.5 Å². The van der Waals surface area contributed by atoms with E-state index in [1.807, 2.05) is 19.9 Å². The Morgan fingerprint density at radius 3 is 2.48 bits per heavy atom. The van der Waals surface area contributed by atoms with Crippen molar-refractivity contribution in [2.24, 2.45) is 0 Å². The average Bonchev–Trinajstić information content (AvgIpc) is 2.60. The molecule has 27 heavy (non-hydrogen) atoms. The molecule has 0 spiro atoms. The molecule has 0 aliphatic carbocycles. The zero-order valence-electron chi connectivity index (χ0n) is 15.8. The Bertz CT molecular complexity index is 852. The maximum Gasteiger partial charge on any atom is 0.257 e. The van der Waals surface area contributed by atoms with E-state index >= 15 is 0 Å². The minimum atomic E-state index is -0.335. The number of carbonyl (C=O) groups excluding carboxylic acids is 2. The van der Waals surface area contributed by atoms with Crippen LogP contribution in [0, 0.1) is 0 Å². The number of carbonyl (C=O) groups is 2. The lowest BCUT2D eigenvalue weighted by atomic mass is 10.2. The van der Waals surface area contributed by atoms with Crippen molar-refractivity contribution in [1.82, 2.24) is 5.32 Å². The van der Waals surface area contributed by atoms with Gasteiger partial charge in [-0.2, -0.15) is 0 Å². The van der Waals surface area contributed by atoms with Crippen LogP contribution in [-0.4, -0.2) is 30.1 Å². The number of anilines is 2. The van der Waals surface area contributed by atoms with Gasteiger partial charge in [0.2, 0.25) is 5.91 Å². The van der Waals surface area contributed by atoms with Crippen molar-refractivity contribution < 1.29 is 14.3 Å². The Hall–Kier alpha value is -2.93. The largest absolute Gasteiger partial charge is 0.491 e. The molecule has 0 saturated heterocycles. The molecule has 0 unspecified atom stereocenters. The van der Waals surface area contributed by atoms with E-state index in [0.29, 0.717) is 17.0 Å². The summed E-state index contributed by atoms with van der Waals surface area (Å²) >= 11 is 5.22. The first-order valence-electron chi connectivity index (χ1n) is 8.49. The topological polar surface area (TPSA) is 70.7 Å². The normalized spacial score (nSPS) is 10.3. The van der Waals surface area contributed by atoms with E-state index < -0.39 is 0 Å². The van der Waals surface area contributed by atoms with Crippen LogP contribution in [0.2, 0.25) is 0 Å². The highest BCUT2D eigenvalue weighted by Gasteiger charge is 2.11. The van der Waals surface area contributed by atoms with E-state index in [9.17, 15) is 9.59 Å². The number of nitrogens with one attached hydrogen (secondary N) is 2. The second kappa shape index (κ2) is 9.14. The van der Waals surface area contributed by atoms with Gasteiger partial charge in [-0.15, -0.1) is 0 Å². The average molecular weight is 385 g/mol. The predicted molar refractivity (Wildman–Crippen MR) is 111 cm³/mol. The summed E-state index contributed by atoms with van der Waals surface area (Å²) in [4.78, 5) is 25.4. The van der Waals surface area contributed by atoms with Crippen molar-refractivity contribution in [2.45, 2.75) is 26.9 Å².